The van der Waals surface area contributed by atoms with Gasteiger partial charge in [-0.2, -0.15) is 0 Å². The smallest absolute Gasteiger partial charge is 0.276 e. The van der Waals surface area contributed by atoms with E-state index < -0.39 is 0 Å². The lowest BCUT2D eigenvalue weighted by molar-refractivity contribution is -0.0789. The third-order valence-corrected chi connectivity index (χ3v) is 2.91. The number of ether oxygens (including phenoxy) is 1. The summed E-state index contributed by atoms with van der Waals surface area (Å²) in [6.07, 6.45) is 1.27. The van der Waals surface area contributed by atoms with Crippen LogP contribution < -0.4 is 21.9 Å². The van der Waals surface area contributed by atoms with Gasteiger partial charge in [0.1, 0.15) is 5.69 Å². The fourth-order valence-electron chi connectivity index (χ4n) is 2.23. The van der Waals surface area contributed by atoms with E-state index in [0.717, 1.165) is 0 Å². The second kappa shape index (κ2) is 4.58. The van der Waals surface area contributed by atoms with Gasteiger partial charge in [0, 0.05) is 19.6 Å². The first kappa shape index (κ1) is 12.8. The van der Waals surface area contributed by atoms with Crippen LogP contribution in [0.4, 0.5) is 11.5 Å². The van der Waals surface area contributed by atoms with Crippen molar-refractivity contribution in [2.75, 3.05) is 30.3 Å². The SMILES string of the molecule is CC1(C)CN(c2nc[nH]c(=O)c2N)CC(CN)O1. The average Bonchev–Trinajstić information content (AvgIpc) is 2.30. The molecule has 2 rings (SSSR count). The van der Waals surface area contributed by atoms with Crippen molar-refractivity contribution < 1.29 is 4.74 Å². The molecular formula is C11H19N5O2. The molecule has 1 aliphatic rings. The number of nitrogens with zero attached hydrogens (tertiary/aromatic N) is 2. The summed E-state index contributed by atoms with van der Waals surface area (Å²) < 4.78 is 5.82. The van der Waals surface area contributed by atoms with Gasteiger partial charge in [0.15, 0.2) is 5.82 Å². The zero-order chi connectivity index (χ0) is 13.3. The van der Waals surface area contributed by atoms with Crippen molar-refractivity contribution in [3.63, 3.8) is 0 Å². The Morgan fingerprint density at radius 1 is 1.67 bits per heavy atom. The van der Waals surface area contributed by atoms with Crippen molar-refractivity contribution in [3.8, 4) is 0 Å². The van der Waals surface area contributed by atoms with E-state index in [4.69, 9.17) is 16.2 Å². The third-order valence-electron chi connectivity index (χ3n) is 2.91. The molecule has 1 fully saturated rings. The Hall–Kier alpha value is -1.60. The molecule has 1 atom stereocenters. The summed E-state index contributed by atoms with van der Waals surface area (Å²) in [4.78, 5) is 20.0. The Labute approximate surface area is 105 Å². The van der Waals surface area contributed by atoms with E-state index in [2.05, 4.69) is 9.97 Å². The molecule has 0 bridgehead atoms. The number of aromatic nitrogens is 2. The predicted molar refractivity (Wildman–Crippen MR) is 69.5 cm³/mol. The molecule has 0 radical (unpaired) electrons. The van der Waals surface area contributed by atoms with Crippen LogP contribution in [0.5, 0.6) is 0 Å². The van der Waals surface area contributed by atoms with Crippen LogP contribution in [0.3, 0.4) is 0 Å². The Kier molecular flexibility index (Phi) is 3.27. The average molecular weight is 253 g/mol. The Bertz CT molecular complexity index is 485. The predicted octanol–water partition coefficient (Wildman–Crippen LogP) is -0.705. The summed E-state index contributed by atoms with van der Waals surface area (Å²) in [5.41, 5.74) is 10.9. The lowest BCUT2D eigenvalue weighted by Gasteiger charge is -2.43. The molecule has 5 N–H and O–H groups in total. The first-order chi connectivity index (χ1) is 8.43. The molecule has 1 unspecified atom stereocenters. The van der Waals surface area contributed by atoms with E-state index in [1.165, 1.54) is 6.33 Å². The van der Waals surface area contributed by atoms with Gasteiger partial charge in [-0.15, -0.1) is 0 Å². The first-order valence-corrected chi connectivity index (χ1v) is 5.89. The number of nitrogens with one attached hydrogen (secondary N) is 1. The minimum Gasteiger partial charge on any atom is -0.391 e. The maximum atomic E-state index is 11.5. The number of morpholine rings is 1. The zero-order valence-corrected chi connectivity index (χ0v) is 10.6. The molecule has 100 valence electrons. The highest BCUT2D eigenvalue weighted by molar-refractivity contribution is 5.61. The molecule has 0 aliphatic carbocycles. The number of anilines is 2. The molecule has 2 heterocycles. The first-order valence-electron chi connectivity index (χ1n) is 5.89. The molecule has 7 heteroatoms. The van der Waals surface area contributed by atoms with E-state index in [9.17, 15) is 4.79 Å². The van der Waals surface area contributed by atoms with Gasteiger partial charge >= 0.3 is 0 Å². The van der Waals surface area contributed by atoms with Gasteiger partial charge < -0.3 is 26.1 Å². The van der Waals surface area contributed by atoms with E-state index in [-0.39, 0.29) is 23.0 Å². The zero-order valence-electron chi connectivity index (χ0n) is 10.6. The number of aromatic amines is 1. The fraction of sp³-hybridized carbons (Fsp3) is 0.636. The van der Waals surface area contributed by atoms with Crippen LogP contribution in [0.1, 0.15) is 13.8 Å². The molecule has 18 heavy (non-hydrogen) atoms. The summed E-state index contributed by atoms with van der Waals surface area (Å²) in [5.74, 6) is 0.494. The van der Waals surface area contributed by atoms with E-state index in [1.54, 1.807) is 0 Å². The Morgan fingerprint density at radius 2 is 2.39 bits per heavy atom. The minimum absolute atomic E-state index is 0.0887. The monoisotopic (exact) mass is 253 g/mol. The third kappa shape index (κ3) is 2.46. The van der Waals surface area contributed by atoms with E-state index in [0.29, 0.717) is 25.5 Å². The maximum Gasteiger partial charge on any atom is 0.276 e. The number of hydrogen-bond acceptors (Lipinski definition) is 6. The summed E-state index contributed by atoms with van der Waals surface area (Å²) in [7, 11) is 0. The summed E-state index contributed by atoms with van der Waals surface area (Å²) in [6.45, 7) is 5.57. The van der Waals surface area contributed by atoms with Crippen LogP contribution in [-0.2, 0) is 4.74 Å². The van der Waals surface area contributed by atoms with Crippen LogP contribution in [-0.4, -0.2) is 41.3 Å². The Balaban J connectivity index is 2.32. The maximum absolute atomic E-state index is 11.5. The van der Waals surface area contributed by atoms with Crippen molar-refractivity contribution in [2.24, 2.45) is 5.73 Å². The lowest BCUT2D eigenvalue weighted by atomic mass is 10.1. The molecule has 1 saturated heterocycles. The van der Waals surface area contributed by atoms with Crippen molar-refractivity contribution >= 4 is 11.5 Å². The second-order valence-corrected chi connectivity index (χ2v) is 5.08. The van der Waals surface area contributed by atoms with Crippen LogP contribution in [0.15, 0.2) is 11.1 Å². The number of nitrogen functional groups attached to an aromatic ring is 1. The lowest BCUT2D eigenvalue weighted by Crippen LogP contribution is -2.55. The molecular weight excluding hydrogens is 234 g/mol. The molecule has 1 aliphatic heterocycles. The van der Waals surface area contributed by atoms with Crippen LogP contribution in [0.2, 0.25) is 0 Å². The van der Waals surface area contributed by atoms with Crippen molar-refractivity contribution in [1.82, 2.24) is 9.97 Å². The van der Waals surface area contributed by atoms with E-state index >= 15 is 0 Å². The van der Waals surface area contributed by atoms with Gasteiger partial charge in [-0.25, -0.2) is 4.98 Å². The summed E-state index contributed by atoms with van der Waals surface area (Å²) in [6, 6.07) is 0. The van der Waals surface area contributed by atoms with Crippen LogP contribution >= 0.6 is 0 Å². The highest BCUT2D eigenvalue weighted by Gasteiger charge is 2.34. The largest absolute Gasteiger partial charge is 0.391 e. The number of hydrogen-bond donors (Lipinski definition) is 3. The van der Waals surface area contributed by atoms with Crippen molar-refractivity contribution in [1.29, 1.82) is 0 Å². The van der Waals surface area contributed by atoms with E-state index in [1.807, 2.05) is 18.7 Å². The summed E-state index contributed by atoms with van der Waals surface area (Å²) >= 11 is 0. The normalized spacial score (nSPS) is 23.1. The van der Waals surface area contributed by atoms with Gasteiger partial charge in [-0.1, -0.05) is 0 Å². The molecule has 0 spiro atoms. The van der Waals surface area contributed by atoms with Crippen LogP contribution in [0, 0.1) is 0 Å². The molecule has 1 aromatic rings. The molecule has 0 saturated carbocycles. The minimum atomic E-state index is -0.348. The quantitative estimate of drug-likeness (QED) is 0.642. The highest BCUT2D eigenvalue weighted by Crippen LogP contribution is 2.26. The van der Waals surface area contributed by atoms with Crippen molar-refractivity contribution in [2.45, 2.75) is 25.6 Å². The van der Waals surface area contributed by atoms with Crippen molar-refractivity contribution in [3.05, 3.63) is 16.7 Å². The van der Waals surface area contributed by atoms with Gasteiger partial charge in [0.2, 0.25) is 0 Å². The molecule has 0 aromatic carbocycles. The van der Waals surface area contributed by atoms with Crippen LogP contribution in [0.25, 0.3) is 0 Å². The number of nitrogens with two attached hydrogens (primary N) is 2. The topological polar surface area (TPSA) is 110 Å². The number of rotatable bonds is 2. The highest BCUT2D eigenvalue weighted by atomic mass is 16.5. The number of H-pyrrole nitrogens is 1. The molecule has 0 amide bonds. The van der Waals surface area contributed by atoms with Gasteiger partial charge in [0.05, 0.1) is 18.0 Å². The standard InChI is InChI=1S/C11H19N5O2/c1-11(2)5-16(4-7(3-12)18-11)9-8(13)10(17)15-6-14-9/h6-7H,3-5,12-13H2,1-2H3,(H,14,15,17). The van der Waals surface area contributed by atoms with Gasteiger partial charge in [-0.05, 0) is 13.8 Å². The Morgan fingerprint density at radius 3 is 3.06 bits per heavy atom. The fourth-order valence-corrected chi connectivity index (χ4v) is 2.23. The van der Waals surface area contributed by atoms with Gasteiger partial charge in [-0.3, -0.25) is 4.79 Å². The molecule has 7 nitrogen and oxygen atoms in total. The summed E-state index contributed by atoms with van der Waals surface area (Å²) in [5, 5.41) is 0. The van der Waals surface area contributed by atoms with Gasteiger partial charge in [0.25, 0.3) is 5.56 Å². The second-order valence-electron chi connectivity index (χ2n) is 5.08. The molecule has 1 aromatic heterocycles.